The fraction of sp³-hybridized carbons (Fsp3) is 0.231. The van der Waals surface area contributed by atoms with Crippen LogP contribution in [0.4, 0.5) is 5.69 Å². The number of pyridine rings is 1. The van der Waals surface area contributed by atoms with Gasteiger partial charge in [0.05, 0.1) is 17.6 Å². The van der Waals surface area contributed by atoms with Gasteiger partial charge >= 0.3 is 0 Å². The maximum Gasteiger partial charge on any atom is 0.148 e. The molecule has 0 bridgehead atoms. The summed E-state index contributed by atoms with van der Waals surface area (Å²) in [7, 11) is 0. The molecule has 0 aliphatic heterocycles. The Hall–Kier alpha value is -1.80. The summed E-state index contributed by atoms with van der Waals surface area (Å²) in [5, 5.41) is 9.29. The van der Waals surface area contributed by atoms with Gasteiger partial charge in [0.1, 0.15) is 16.4 Å². The van der Waals surface area contributed by atoms with E-state index in [1.54, 1.807) is 6.20 Å². The number of nitriles is 1. The zero-order valence-electron chi connectivity index (χ0n) is 9.65. The van der Waals surface area contributed by atoms with Crippen LogP contribution in [0.25, 0.3) is 5.69 Å². The van der Waals surface area contributed by atoms with Gasteiger partial charge in [-0.3, -0.25) is 0 Å². The molecular weight excluding hydrogens is 292 g/mol. The molecule has 0 amide bonds. The van der Waals surface area contributed by atoms with Crippen LogP contribution in [0.5, 0.6) is 0 Å². The lowest BCUT2D eigenvalue weighted by molar-refractivity contribution is 0.854. The number of anilines is 1. The molecule has 2 N–H and O–H groups in total. The van der Waals surface area contributed by atoms with Crippen LogP contribution < -0.4 is 5.73 Å². The first kappa shape index (κ1) is 11.3. The minimum absolute atomic E-state index is 0.531. The van der Waals surface area contributed by atoms with E-state index in [0.29, 0.717) is 11.4 Å². The Morgan fingerprint density at radius 2 is 2.22 bits per heavy atom. The third-order valence-electron chi connectivity index (χ3n) is 3.34. The van der Waals surface area contributed by atoms with E-state index in [4.69, 9.17) is 5.73 Å². The number of nitrogens with zero attached hydrogens (tertiary/aromatic N) is 3. The molecule has 3 rings (SSSR count). The quantitative estimate of drug-likeness (QED) is 0.823. The smallest absolute Gasteiger partial charge is 0.148 e. The highest BCUT2D eigenvalue weighted by molar-refractivity contribution is 9.10. The average molecular weight is 303 g/mol. The highest BCUT2D eigenvalue weighted by atomic mass is 79.9. The van der Waals surface area contributed by atoms with Crippen LogP contribution in [0, 0.1) is 11.3 Å². The van der Waals surface area contributed by atoms with Crippen LogP contribution in [-0.2, 0) is 12.8 Å². The molecule has 0 aromatic carbocycles. The van der Waals surface area contributed by atoms with Crippen LogP contribution >= 0.6 is 15.9 Å². The van der Waals surface area contributed by atoms with Gasteiger partial charge in [0.15, 0.2) is 0 Å². The van der Waals surface area contributed by atoms with Crippen LogP contribution in [0.3, 0.4) is 0 Å². The summed E-state index contributed by atoms with van der Waals surface area (Å²) in [6.45, 7) is 0. The van der Waals surface area contributed by atoms with Gasteiger partial charge in [0.2, 0.25) is 0 Å². The van der Waals surface area contributed by atoms with E-state index in [0.717, 1.165) is 40.8 Å². The van der Waals surface area contributed by atoms with Crippen molar-refractivity contribution in [2.24, 2.45) is 0 Å². The highest BCUT2D eigenvalue weighted by Crippen LogP contribution is 2.34. The second-order valence-electron chi connectivity index (χ2n) is 4.33. The molecular formula is C13H11BrN4. The first-order chi connectivity index (χ1) is 8.72. The fourth-order valence-electron chi connectivity index (χ4n) is 2.56. The number of nitrogen functional groups attached to an aromatic ring is 1. The molecule has 0 atom stereocenters. The van der Waals surface area contributed by atoms with E-state index < -0.39 is 0 Å². The summed E-state index contributed by atoms with van der Waals surface area (Å²) in [4.78, 5) is 4.21. The van der Waals surface area contributed by atoms with Crippen LogP contribution in [0.15, 0.2) is 22.9 Å². The van der Waals surface area contributed by atoms with E-state index >= 15 is 0 Å². The number of hydrogen-bond acceptors (Lipinski definition) is 3. The Labute approximate surface area is 113 Å². The van der Waals surface area contributed by atoms with Crippen LogP contribution in [0.2, 0.25) is 0 Å². The van der Waals surface area contributed by atoms with Crippen molar-refractivity contribution in [2.45, 2.75) is 19.3 Å². The SMILES string of the molecule is N#Cc1c(N)c2c(n1-c1ccc(Br)nc1)CCC2. The van der Waals surface area contributed by atoms with Gasteiger partial charge in [-0.1, -0.05) is 0 Å². The largest absolute Gasteiger partial charge is 0.396 e. The number of halogens is 1. The lowest BCUT2D eigenvalue weighted by atomic mass is 10.2. The van der Waals surface area contributed by atoms with E-state index in [2.05, 4.69) is 27.0 Å². The minimum atomic E-state index is 0.531. The number of rotatable bonds is 1. The topological polar surface area (TPSA) is 67.6 Å². The second-order valence-corrected chi connectivity index (χ2v) is 5.14. The Balaban J connectivity index is 2.26. The molecule has 90 valence electrons. The third-order valence-corrected chi connectivity index (χ3v) is 3.81. The molecule has 0 spiro atoms. The van der Waals surface area contributed by atoms with Crippen LogP contribution in [-0.4, -0.2) is 9.55 Å². The fourth-order valence-corrected chi connectivity index (χ4v) is 2.79. The molecule has 0 saturated heterocycles. The standard InChI is InChI=1S/C13H11BrN4/c14-12-5-4-8(7-17-12)18-10-3-1-2-9(10)13(16)11(18)6-15/h4-5,7H,1-3,16H2. The molecule has 4 nitrogen and oxygen atoms in total. The van der Waals surface area contributed by atoms with Crippen molar-refractivity contribution < 1.29 is 0 Å². The molecule has 0 fully saturated rings. The molecule has 5 heteroatoms. The number of fused-ring (bicyclic) bond motifs is 1. The second kappa shape index (κ2) is 4.14. The van der Waals surface area contributed by atoms with Crippen molar-refractivity contribution in [3.63, 3.8) is 0 Å². The van der Waals surface area contributed by atoms with Crippen molar-refractivity contribution in [1.82, 2.24) is 9.55 Å². The summed E-state index contributed by atoms with van der Waals surface area (Å²) in [6, 6.07) is 6.01. The molecule has 2 heterocycles. The van der Waals surface area contributed by atoms with Crippen molar-refractivity contribution in [3.05, 3.63) is 39.9 Å². The van der Waals surface area contributed by atoms with Gasteiger partial charge in [-0.2, -0.15) is 5.26 Å². The van der Waals surface area contributed by atoms with Crippen molar-refractivity contribution in [3.8, 4) is 11.8 Å². The molecule has 0 radical (unpaired) electrons. The Kier molecular flexibility index (Phi) is 2.60. The molecule has 0 unspecified atom stereocenters. The number of hydrogen-bond donors (Lipinski definition) is 1. The van der Waals surface area contributed by atoms with Crippen molar-refractivity contribution >= 4 is 21.6 Å². The van der Waals surface area contributed by atoms with E-state index in [-0.39, 0.29) is 0 Å². The number of nitrogens with two attached hydrogens (primary N) is 1. The predicted octanol–water partition coefficient (Wildman–Crippen LogP) is 2.58. The predicted molar refractivity (Wildman–Crippen MR) is 72.4 cm³/mol. The maximum atomic E-state index is 9.29. The summed E-state index contributed by atoms with van der Waals surface area (Å²) in [5.74, 6) is 0. The minimum Gasteiger partial charge on any atom is -0.396 e. The highest BCUT2D eigenvalue weighted by Gasteiger charge is 2.25. The van der Waals surface area contributed by atoms with E-state index in [1.807, 2.05) is 16.7 Å². The molecule has 1 aliphatic carbocycles. The molecule has 18 heavy (non-hydrogen) atoms. The third kappa shape index (κ3) is 1.53. The Bertz CT molecular complexity index is 649. The summed E-state index contributed by atoms with van der Waals surface area (Å²) < 4.78 is 2.72. The summed E-state index contributed by atoms with van der Waals surface area (Å²) in [5.41, 5.74) is 10.4. The lowest BCUT2D eigenvalue weighted by Crippen LogP contribution is -2.03. The zero-order chi connectivity index (χ0) is 12.7. The Morgan fingerprint density at radius 3 is 2.89 bits per heavy atom. The van der Waals surface area contributed by atoms with Crippen molar-refractivity contribution in [1.29, 1.82) is 5.26 Å². The Morgan fingerprint density at radius 1 is 1.39 bits per heavy atom. The van der Waals surface area contributed by atoms with E-state index in [9.17, 15) is 5.26 Å². The lowest BCUT2D eigenvalue weighted by Gasteiger charge is -2.08. The van der Waals surface area contributed by atoms with Gasteiger partial charge in [-0.05, 0) is 52.9 Å². The summed E-state index contributed by atoms with van der Waals surface area (Å²) >= 11 is 3.31. The first-order valence-corrected chi connectivity index (χ1v) is 6.55. The first-order valence-electron chi connectivity index (χ1n) is 5.76. The number of aromatic nitrogens is 2. The van der Waals surface area contributed by atoms with Crippen molar-refractivity contribution in [2.75, 3.05) is 5.73 Å². The molecule has 0 saturated carbocycles. The molecule has 2 aromatic rings. The van der Waals surface area contributed by atoms with Gasteiger partial charge in [0.25, 0.3) is 0 Å². The maximum absolute atomic E-state index is 9.29. The average Bonchev–Trinajstić information content (AvgIpc) is 2.93. The zero-order valence-corrected chi connectivity index (χ0v) is 11.2. The van der Waals surface area contributed by atoms with E-state index in [1.165, 1.54) is 0 Å². The monoisotopic (exact) mass is 302 g/mol. The summed E-state index contributed by atoms with van der Waals surface area (Å²) in [6.07, 6.45) is 4.79. The normalized spacial score (nSPS) is 13.3. The molecule has 2 aromatic heterocycles. The van der Waals surface area contributed by atoms with Gasteiger partial charge in [-0.15, -0.1) is 0 Å². The molecule has 1 aliphatic rings. The van der Waals surface area contributed by atoms with Gasteiger partial charge in [-0.25, -0.2) is 4.98 Å². The van der Waals surface area contributed by atoms with Crippen LogP contribution in [0.1, 0.15) is 23.4 Å². The van der Waals surface area contributed by atoms with Gasteiger partial charge in [0, 0.05) is 5.69 Å². The van der Waals surface area contributed by atoms with Gasteiger partial charge < -0.3 is 10.3 Å².